The van der Waals surface area contributed by atoms with Crippen LogP contribution in [0.3, 0.4) is 0 Å². The fourth-order valence-electron chi connectivity index (χ4n) is 1.89. The van der Waals surface area contributed by atoms with Crippen LogP contribution in [0.15, 0.2) is 0 Å². The van der Waals surface area contributed by atoms with Gasteiger partial charge in [-0.05, 0) is 32.6 Å². The number of carbonyl (C=O) groups excluding carboxylic acids is 1. The summed E-state index contributed by atoms with van der Waals surface area (Å²) in [4.78, 5) is 13.3. The largest absolute Gasteiger partial charge is 0.393 e. The molecule has 0 radical (unpaired) electrons. The van der Waals surface area contributed by atoms with Gasteiger partial charge in [-0.2, -0.15) is 0 Å². The molecule has 4 heteroatoms. The monoisotopic (exact) mass is 200 g/mol. The van der Waals surface area contributed by atoms with E-state index in [1.165, 1.54) is 0 Å². The van der Waals surface area contributed by atoms with Gasteiger partial charge in [0.25, 0.3) is 0 Å². The summed E-state index contributed by atoms with van der Waals surface area (Å²) < 4.78 is 0. The maximum absolute atomic E-state index is 11.5. The van der Waals surface area contributed by atoms with Crippen LogP contribution < -0.4 is 5.73 Å². The molecule has 0 aromatic rings. The first-order valence-corrected chi connectivity index (χ1v) is 5.24. The Morgan fingerprint density at radius 3 is 2.29 bits per heavy atom. The Kier molecular flexibility index (Phi) is 3.89. The smallest absolute Gasteiger partial charge is 0.239 e. The van der Waals surface area contributed by atoms with Crippen molar-refractivity contribution in [1.82, 2.24) is 4.90 Å². The molecular weight excluding hydrogens is 180 g/mol. The van der Waals surface area contributed by atoms with E-state index in [0.717, 1.165) is 25.9 Å². The number of rotatable bonds is 2. The minimum Gasteiger partial charge on any atom is -0.393 e. The first-order valence-electron chi connectivity index (χ1n) is 5.24. The van der Waals surface area contributed by atoms with Crippen molar-refractivity contribution >= 4 is 5.91 Å². The van der Waals surface area contributed by atoms with E-state index in [2.05, 4.69) is 0 Å². The molecule has 1 amide bonds. The fraction of sp³-hybridized carbons (Fsp3) is 0.900. The van der Waals surface area contributed by atoms with Crippen molar-refractivity contribution in [2.45, 2.75) is 38.8 Å². The Balaban J connectivity index is 2.39. The molecule has 1 heterocycles. The third-order valence-electron chi connectivity index (χ3n) is 2.92. The number of hydrogen-bond donors (Lipinski definition) is 2. The molecule has 1 aliphatic heterocycles. The third-order valence-corrected chi connectivity index (χ3v) is 2.92. The number of aliphatic hydroxyl groups is 1. The summed E-state index contributed by atoms with van der Waals surface area (Å²) in [6.45, 7) is 4.99. The fourth-order valence-corrected chi connectivity index (χ4v) is 1.89. The molecule has 1 fully saturated rings. The lowest BCUT2D eigenvalue weighted by Gasteiger charge is -2.34. The van der Waals surface area contributed by atoms with Crippen molar-refractivity contribution in [3.8, 4) is 0 Å². The van der Waals surface area contributed by atoms with E-state index >= 15 is 0 Å². The van der Waals surface area contributed by atoms with Gasteiger partial charge in [-0.15, -0.1) is 0 Å². The van der Waals surface area contributed by atoms with E-state index in [4.69, 9.17) is 5.73 Å². The molecule has 1 saturated heterocycles. The topological polar surface area (TPSA) is 66.6 Å². The second-order valence-electron chi connectivity index (χ2n) is 4.19. The number of carbonyl (C=O) groups is 1. The van der Waals surface area contributed by atoms with Crippen molar-refractivity contribution in [3.05, 3.63) is 0 Å². The van der Waals surface area contributed by atoms with Crippen LogP contribution in [0.5, 0.6) is 0 Å². The molecule has 4 nitrogen and oxygen atoms in total. The zero-order valence-corrected chi connectivity index (χ0v) is 8.94. The standard InChI is InChI=1S/C10H20N2O2/c1-7(11)10(14)12-5-3-9(4-6-12)8(2)13/h7-9,13H,3-6,11H2,1-2H3/t7-,8-/m1/s1. The molecule has 3 N–H and O–H groups in total. The molecule has 0 spiro atoms. The highest BCUT2D eigenvalue weighted by Crippen LogP contribution is 2.20. The molecule has 2 atom stereocenters. The molecule has 0 aromatic heterocycles. The number of hydrogen-bond acceptors (Lipinski definition) is 3. The molecular formula is C10H20N2O2. The highest BCUT2D eigenvalue weighted by molar-refractivity contribution is 5.81. The van der Waals surface area contributed by atoms with Gasteiger partial charge in [0, 0.05) is 13.1 Å². The van der Waals surface area contributed by atoms with Crippen LogP contribution in [0.4, 0.5) is 0 Å². The third kappa shape index (κ3) is 2.69. The minimum absolute atomic E-state index is 0.0223. The van der Waals surface area contributed by atoms with E-state index < -0.39 is 6.04 Å². The molecule has 0 bridgehead atoms. The quantitative estimate of drug-likeness (QED) is 0.657. The maximum Gasteiger partial charge on any atom is 0.239 e. The van der Waals surface area contributed by atoms with E-state index in [-0.39, 0.29) is 12.0 Å². The molecule has 0 unspecified atom stereocenters. The molecule has 1 aliphatic rings. The highest BCUT2D eigenvalue weighted by Gasteiger charge is 2.26. The second-order valence-corrected chi connectivity index (χ2v) is 4.19. The van der Waals surface area contributed by atoms with Crippen molar-refractivity contribution in [2.24, 2.45) is 11.7 Å². The average molecular weight is 200 g/mol. The van der Waals surface area contributed by atoms with Gasteiger partial charge in [0.1, 0.15) is 0 Å². The summed E-state index contributed by atoms with van der Waals surface area (Å²) in [6.07, 6.45) is 1.51. The van der Waals surface area contributed by atoms with Gasteiger partial charge >= 0.3 is 0 Å². The zero-order chi connectivity index (χ0) is 10.7. The lowest BCUT2D eigenvalue weighted by atomic mass is 9.92. The molecule has 14 heavy (non-hydrogen) atoms. The number of amides is 1. The van der Waals surface area contributed by atoms with Crippen LogP contribution in [0.25, 0.3) is 0 Å². The molecule has 1 rings (SSSR count). The molecule has 82 valence electrons. The Morgan fingerprint density at radius 1 is 1.43 bits per heavy atom. The molecule has 0 aliphatic carbocycles. The average Bonchev–Trinajstić information content (AvgIpc) is 2.16. The normalized spacial score (nSPS) is 23.3. The van der Waals surface area contributed by atoms with Crippen molar-refractivity contribution in [3.63, 3.8) is 0 Å². The maximum atomic E-state index is 11.5. The second kappa shape index (κ2) is 4.75. The van der Waals surface area contributed by atoms with Crippen LogP contribution in [0.2, 0.25) is 0 Å². The Labute approximate surface area is 85.1 Å². The molecule has 0 saturated carbocycles. The number of aliphatic hydroxyl groups excluding tert-OH is 1. The first kappa shape index (κ1) is 11.5. The van der Waals surface area contributed by atoms with E-state index in [1.807, 2.05) is 6.92 Å². The summed E-state index contributed by atoms with van der Waals surface area (Å²) >= 11 is 0. The SMILES string of the molecule is C[C@@H](N)C(=O)N1CCC([C@@H](C)O)CC1. The van der Waals surface area contributed by atoms with Crippen molar-refractivity contribution in [1.29, 1.82) is 0 Å². The Morgan fingerprint density at radius 2 is 1.93 bits per heavy atom. The summed E-state index contributed by atoms with van der Waals surface area (Å²) in [5.74, 6) is 0.362. The zero-order valence-electron chi connectivity index (χ0n) is 8.94. The van der Waals surface area contributed by atoms with Gasteiger partial charge in [-0.25, -0.2) is 0 Å². The highest BCUT2D eigenvalue weighted by atomic mass is 16.3. The van der Waals surface area contributed by atoms with Crippen LogP contribution in [0.1, 0.15) is 26.7 Å². The minimum atomic E-state index is -0.405. The lowest BCUT2D eigenvalue weighted by molar-refractivity contribution is -0.134. The van der Waals surface area contributed by atoms with E-state index in [1.54, 1.807) is 11.8 Å². The number of nitrogens with zero attached hydrogens (tertiary/aromatic N) is 1. The lowest BCUT2D eigenvalue weighted by Crippen LogP contribution is -2.46. The number of piperidine rings is 1. The van der Waals surface area contributed by atoms with Crippen molar-refractivity contribution in [2.75, 3.05) is 13.1 Å². The Hall–Kier alpha value is -0.610. The summed E-state index contributed by atoms with van der Waals surface area (Å²) in [7, 11) is 0. The van der Waals surface area contributed by atoms with Crippen LogP contribution in [0, 0.1) is 5.92 Å². The predicted octanol–water partition coefficient (Wildman–Crippen LogP) is -0.0470. The predicted molar refractivity (Wildman–Crippen MR) is 54.6 cm³/mol. The van der Waals surface area contributed by atoms with Crippen LogP contribution in [-0.4, -0.2) is 41.1 Å². The van der Waals surface area contributed by atoms with Gasteiger partial charge in [0.15, 0.2) is 0 Å². The summed E-state index contributed by atoms with van der Waals surface area (Å²) in [5.41, 5.74) is 5.52. The van der Waals surface area contributed by atoms with Gasteiger partial charge in [-0.3, -0.25) is 4.79 Å². The first-order chi connectivity index (χ1) is 6.52. The van der Waals surface area contributed by atoms with E-state index in [9.17, 15) is 9.90 Å². The van der Waals surface area contributed by atoms with Crippen molar-refractivity contribution < 1.29 is 9.90 Å². The van der Waals surface area contributed by atoms with Gasteiger partial charge in [0.05, 0.1) is 12.1 Å². The van der Waals surface area contributed by atoms with E-state index in [0.29, 0.717) is 5.92 Å². The van der Waals surface area contributed by atoms with Crippen LogP contribution in [-0.2, 0) is 4.79 Å². The van der Waals surface area contributed by atoms with Gasteiger partial charge < -0.3 is 15.7 Å². The summed E-state index contributed by atoms with van der Waals surface area (Å²) in [5, 5.41) is 9.38. The van der Waals surface area contributed by atoms with Gasteiger partial charge in [-0.1, -0.05) is 0 Å². The number of nitrogens with two attached hydrogens (primary N) is 1. The summed E-state index contributed by atoms with van der Waals surface area (Å²) in [6, 6.07) is -0.405. The Bertz CT molecular complexity index is 196. The van der Waals surface area contributed by atoms with Gasteiger partial charge in [0.2, 0.25) is 5.91 Å². The number of likely N-dealkylation sites (tertiary alicyclic amines) is 1. The molecule has 0 aromatic carbocycles. The van der Waals surface area contributed by atoms with Crippen LogP contribution >= 0.6 is 0 Å².